The zero-order chi connectivity index (χ0) is 18.9. The van der Waals surface area contributed by atoms with E-state index in [1.165, 1.54) is 12.1 Å². The normalized spacial score (nSPS) is 11.5. The van der Waals surface area contributed by atoms with E-state index in [1.54, 1.807) is 32.2 Å². The lowest BCUT2D eigenvalue weighted by atomic mass is 10.0. The van der Waals surface area contributed by atoms with Crippen LogP contribution in [-0.4, -0.2) is 25.6 Å². The molecule has 0 saturated carbocycles. The highest BCUT2D eigenvalue weighted by atomic mass is 19.1. The first-order chi connectivity index (χ1) is 12.5. The van der Waals surface area contributed by atoms with E-state index >= 15 is 0 Å². The first kappa shape index (κ1) is 19.4. The number of carbonyl (C=O) groups is 2. The number of para-hydroxylation sites is 1. The van der Waals surface area contributed by atoms with E-state index in [4.69, 9.17) is 9.47 Å². The Balaban J connectivity index is 1.76. The van der Waals surface area contributed by atoms with Gasteiger partial charge in [0, 0.05) is 12.1 Å². The molecule has 0 aliphatic heterocycles. The fourth-order valence-corrected chi connectivity index (χ4v) is 2.47. The molecule has 0 fully saturated rings. The Kier molecular flexibility index (Phi) is 7.14. The highest BCUT2D eigenvalue weighted by molar-refractivity contribution is 5.81. The van der Waals surface area contributed by atoms with Crippen molar-refractivity contribution in [1.29, 1.82) is 0 Å². The highest BCUT2D eigenvalue weighted by Gasteiger charge is 2.17. The zero-order valence-corrected chi connectivity index (χ0v) is 14.8. The Labute approximate surface area is 152 Å². The van der Waals surface area contributed by atoms with Crippen molar-refractivity contribution in [1.82, 2.24) is 5.32 Å². The van der Waals surface area contributed by atoms with Crippen LogP contribution in [0, 0.1) is 11.7 Å². The molecule has 0 heterocycles. The number of hydrogen-bond acceptors (Lipinski definition) is 4. The third-order valence-electron chi connectivity index (χ3n) is 3.85. The van der Waals surface area contributed by atoms with Crippen molar-refractivity contribution in [3.05, 3.63) is 65.5 Å². The van der Waals surface area contributed by atoms with Crippen LogP contribution in [0.5, 0.6) is 5.75 Å². The number of hydrogen-bond donors (Lipinski definition) is 1. The number of carbonyl (C=O) groups excluding carboxylic acids is 2. The van der Waals surface area contributed by atoms with Crippen LogP contribution >= 0.6 is 0 Å². The van der Waals surface area contributed by atoms with Gasteiger partial charge < -0.3 is 14.8 Å². The van der Waals surface area contributed by atoms with Crippen molar-refractivity contribution in [2.24, 2.45) is 5.92 Å². The van der Waals surface area contributed by atoms with Gasteiger partial charge in [0.25, 0.3) is 5.91 Å². The number of rotatable bonds is 8. The maximum absolute atomic E-state index is 13.2. The fourth-order valence-electron chi connectivity index (χ4n) is 2.47. The van der Waals surface area contributed by atoms with Crippen molar-refractivity contribution < 1.29 is 23.5 Å². The van der Waals surface area contributed by atoms with Gasteiger partial charge in [-0.3, -0.25) is 9.59 Å². The average Bonchev–Trinajstić information content (AvgIpc) is 2.64. The maximum atomic E-state index is 13.2. The lowest BCUT2D eigenvalue weighted by Crippen LogP contribution is -2.30. The van der Waals surface area contributed by atoms with Gasteiger partial charge in [0.2, 0.25) is 0 Å². The molecule has 138 valence electrons. The summed E-state index contributed by atoms with van der Waals surface area (Å²) < 4.78 is 23.4. The molecule has 0 aliphatic rings. The van der Waals surface area contributed by atoms with Gasteiger partial charge in [-0.05, 0) is 30.2 Å². The number of methoxy groups -OCH3 is 1. The van der Waals surface area contributed by atoms with E-state index in [-0.39, 0.29) is 19.0 Å². The maximum Gasteiger partial charge on any atom is 0.309 e. The van der Waals surface area contributed by atoms with Crippen LogP contribution in [-0.2, 0) is 27.3 Å². The van der Waals surface area contributed by atoms with Gasteiger partial charge in [0.1, 0.15) is 11.6 Å². The molecule has 0 aromatic heterocycles. The SMILES string of the molecule is COc1ccccc1CNC(=O)COC(=O)C(C)Cc1cccc(F)c1. The molecule has 2 rings (SSSR count). The number of halogens is 1. The molecule has 1 amide bonds. The predicted octanol–water partition coefficient (Wildman–Crippen LogP) is 2.87. The molecule has 0 spiro atoms. The smallest absolute Gasteiger partial charge is 0.309 e. The van der Waals surface area contributed by atoms with Crippen LogP contribution in [0.25, 0.3) is 0 Å². The second kappa shape index (κ2) is 9.56. The molecule has 0 radical (unpaired) electrons. The third-order valence-corrected chi connectivity index (χ3v) is 3.85. The van der Waals surface area contributed by atoms with E-state index in [0.29, 0.717) is 17.7 Å². The Morgan fingerprint density at radius 3 is 2.65 bits per heavy atom. The minimum absolute atomic E-state index is 0.277. The Hall–Kier alpha value is -2.89. The minimum atomic E-state index is -0.498. The Morgan fingerprint density at radius 1 is 1.15 bits per heavy atom. The van der Waals surface area contributed by atoms with Crippen molar-refractivity contribution in [3.63, 3.8) is 0 Å². The van der Waals surface area contributed by atoms with Crippen molar-refractivity contribution in [2.75, 3.05) is 13.7 Å². The second-order valence-corrected chi connectivity index (χ2v) is 5.93. The molecular weight excluding hydrogens is 337 g/mol. The summed E-state index contributed by atoms with van der Waals surface area (Å²) in [5, 5.41) is 2.68. The van der Waals surface area contributed by atoms with Gasteiger partial charge in [-0.2, -0.15) is 0 Å². The van der Waals surface area contributed by atoms with E-state index in [9.17, 15) is 14.0 Å². The van der Waals surface area contributed by atoms with Crippen LogP contribution in [0.15, 0.2) is 48.5 Å². The summed E-state index contributed by atoms with van der Waals surface area (Å²) >= 11 is 0. The summed E-state index contributed by atoms with van der Waals surface area (Å²) in [7, 11) is 1.56. The average molecular weight is 359 g/mol. The number of ether oxygens (including phenoxy) is 2. The monoisotopic (exact) mass is 359 g/mol. The van der Waals surface area contributed by atoms with E-state index in [0.717, 1.165) is 5.56 Å². The summed E-state index contributed by atoms with van der Waals surface area (Å²) in [5.74, 6) is -1.05. The van der Waals surface area contributed by atoms with Gasteiger partial charge in [-0.15, -0.1) is 0 Å². The van der Waals surface area contributed by atoms with Crippen LogP contribution < -0.4 is 10.1 Å². The second-order valence-electron chi connectivity index (χ2n) is 5.93. The first-order valence-corrected chi connectivity index (χ1v) is 8.29. The molecule has 1 N–H and O–H groups in total. The third kappa shape index (κ3) is 5.88. The molecular formula is C20H22FNO4. The standard InChI is InChI=1S/C20H22FNO4/c1-14(10-15-6-5-8-17(21)11-15)20(24)26-13-19(23)22-12-16-7-3-4-9-18(16)25-2/h3-9,11,14H,10,12-13H2,1-2H3,(H,22,23). The topological polar surface area (TPSA) is 64.6 Å². The lowest BCUT2D eigenvalue weighted by molar-refractivity contribution is -0.152. The van der Waals surface area contributed by atoms with Gasteiger partial charge >= 0.3 is 5.97 Å². The zero-order valence-electron chi connectivity index (χ0n) is 14.8. The molecule has 6 heteroatoms. The van der Waals surface area contributed by atoms with E-state index in [1.807, 2.05) is 18.2 Å². The van der Waals surface area contributed by atoms with Gasteiger partial charge in [-0.25, -0.2) is 4.39 Å². The summed E-state index contributed by atoms with van der Waals surface area (Å²) in [6, 6.07) is 13.4. The van der Waals surface area contributed by atoms with Crippen molar-refractivity contribution in [3.8, 4) is 5.75 Å². The summed E-state index contributed by atoms with van der Waals surface area (Å²) in [6.07, 6.45) is 0.347. The van der Waals surface area contributed by atoms with Crippen molar-refractivity contribution in [2.45, 2.75) is 19.9 Å². The molecule has 1 unspecified atom stereocenters. The molecule has 2 aromatic carbocycles. The van der Waals surface area contributed by atoms with E-state index in [2.05, 4.69) is 5.32 Å². The van der Waals surface area contributed by atoms with Gasteiger partial charge in [-0.1, -0.05) is 37.3 Å². The Morgan fingerprint density at radius 2 is 1.92 bits per heavy atom. The van der Waals surface area contributed by atoms with E-state index < -0.39 is 17.8 Å². The molecule has 2 aromatic rings. The number of amides is 1. The summed E-state index contributed by atoms with van der Waals surface area (Å²) in [6.45, 7) is 1.60. The van der Waals surface area contributed by atoms with Gasteiger partial charge in [0.15, 0.2) is 6.61 Å². The van der Waals surface area contributed by atoms with Crippen molar-refractivity contribution >= 4 is 11.9 Å². The summed E-state index contributed by atoms with van der Waals surface area (Å²) in [4.78, 5) is 23.9. The first-order valence-electron chi connectivity index (χ1n) is 8.29. The molecule has 5 nitrogen and oxygen atoms in total. The molecule has 0 saturated heterocycles. The quantitative estimate of drug-likeness (QED) is 0.736. The van der Waals surface area contributed by atoms with Crippen LogP contribution in [0.1, 0.15) is 18.1 Å². The number of benzene rings is 2. The number of esters is 1. The predicted molar refractivity (Wildman–Crippen MR) is 95.1 cm³/mol. The van der Waals surface area contributed by atoms with Crippen LogP contribution in [0.2, 0.25) is 0 Å². The lowest BCUT2D eigenvalue weighted by Gasteiger charge is -2.12. The summed E-state index contributed by atoms with van der Waals surface area (Å²) in [5.41, 5.74) is 1.53. The molecule has 26 heavy (non-hydrogen) atoms. The van der Waals surface area contributed by atoms with Crippen LogP contribution in [0.4, 0.5) is 4.39 Å². The highest BCUT2D eigenvalue weighted by Crippen LogP contribution is 2.16. The van der Waals surface area contributed by atoms with Crippen LogP contribution in [0.3, 0.4) is 0 Å². The number of nitrogens with one attached hydrogen (secondary N) is 1. The Bertz CT molecular complexity index is 763. The molecule has 1 atom stereocenters. The fraction of sp³-hybridized carbons (Fsp3) is 0.300. The largest absolute Gasteiger partial charge is 0.496 e. The molecule has 0 aliphatic carbocycles. The van der Waals surface area contributed by atoms with Gasteiger partial charge in [0.05, 0.1) is 13.0 Å². The molecule has 0 bridgehead atoms. The minimum Gasteiger partial charge on any atom is -0.496 e.